The van der Waals surface area contributed by atoms with Crippen LogP contribution in [-0.4, -0.2) is 18.2 Å². The molecule has 116 valence electrons. The first-order valence-corrected chi connectivity index (χ1v) is 7.21. The highest BCUT2D eigenvalue weighted by Crippen LogP contribution is 2.27. The van der Waals surface area contributed by atoms with Gasteiger partial charge in [-0.3, -0.25) is 9.59 Å². The monoisotopic (exact) mass is 300 g/mol. The average Bonchev–Trinajstić information content (AvgIpc) is 2.44. The molecule has 0 radical (unpaired) electrons. The Morgan fingerprint density at radius 3 is 2.05 bits per heavy atom. The number of benzene rings is 2. The van der Waals surface area contributed by atoms with Gasteiger partial charge in [0.1, 0.15) is 0 Å². The van der Waals surface area contributed by atoms with Crippen LogP contribution >= 0.6 is 0 Å². The van der Waals surface area contributed by atoms with Crippen LogP contribution in [0.25, 0.3) is 10.8 Å². The fourth-order valence-corrected chi connectivity index (χ4v) is 2.38. The molecule has 0 aromatic heterocycles. The summed E-state index contributed by atoms with van der Waals surface area (Å²) in [6.45, 7) is 6.51. The van der Waals surface area contributed by atoms with Crippen LogP contribution in [0.5, 0.6) is 0 Å². The van der Waals surface area contributed by atoms with Crippen molar-refractivity contribution in [1.82, 2.24) is 0 Å². The van der Waals surface area contributed by atoms with Crippen molar-refractivity contribution in [1.29, 1.82) is 0 Å². The maximum Gasteiger partial charge on any atom is 0.305 e. The third-order valence-electron chi connectivity index (χ3n) is 3.52. The number of rotatable bonds is 4. The molecule has 0 spiro atoms. The third kappa shape index (κ3) is 3.85. The van der Waals surface area contributed by atoms with Gasteiger partial charge in [0.05, 0.1) is 5.92 Å². The second-order valence-corrected chi connectivity index (χ2v) is 5.49. The molecule has 4 nitrogen and oxygen atoms in total. The summed E-state index contributed by atoms with van der Waals surface area (Å²) in [6.07, 6.45) is -0.919. The smallest absolute Gasteiger partial charge is 0.305 e. The minimum absolute atomic E-state index is 0.251. The van der Waals surface area contributed by atoms with E-state index in [9.17, 15) is 9.59 Å². The first-order chi connectivity index (χ1) is 10.4. The van der Waals surface area contributed by atoms with Gasteiger partial charge in [-0.1, -0.05) is 48.9 Å². The van der Waals surface area contributed by atoms with Crippen molar-refractivity contribution in [2.24, 2.45) is 0 Å². The summed E-state index contributed by atoms with van der Waals surface area (Å²) in [5.74, 6) is -1.21. The SMILES string of the molecule is CC(=O)OC(OC(C)=O)C(C)c1ccc2cc(C)ccc2c1. The van der Waals surface area contributed by atoms with E-state index in [2.05, 4.69) is 6.07 Å². The predicted molar refractivity (Wildman–Crippen MR) is 84.4 cm³/mol. The maximum absolute atomic E-state index is 11.2. The van der Waals surface area contributed by atoms with Crippen molar-refractivity contribution >= 4 is 22.7 Å². The second-order valence-electron chi connectivity index (χ2n) is 5.49. The lowest BCUT2D eigenvalue weighted by molar-refractivity contribution is -0.188. The van der Waals surface area contributed by atoms with Gasteiger partial charge < -0.3 is 9.47 Å². The van der Waals surface area contributed by atoms with Crippen LogP contribution in [0.3, 0.4) is 0 Å². The van der Waals surface area contributed by atoms with E-state index in [1.807, 2.05) is 44.2 Å². The molecule has 2 aromatic rings. The van der Waals surface area contributed by atoms with Gasteiger partial charge in [0, 0.05) is 13.8 Å². The average molecular weight is 300 g/mol. The quantitative estimate of drug-likeness (QED) is 0.638. The van der Waals surface area contributed by atoms with Crippen LogP contribution < -0.4 is 0 Å². The Kier molecular flexibility index (Phi) is 4.81. The summed E-state index contributed by atoms with van der Waals surface area (Å²) >= 11 is 0. The van der Waals surface area contributed by atoms with Crippen molar-refractivity contribution < 1.29 is 19.1 Å². The van der Waals surface area contributed by atoms with Crippen LogP contribution in [0.2, 0.25) is 0 Å². The molecule has 0 N–H and O–H groups in total. The molecular weight excluding hydrogens is 280 g/mol. The van der Waals surface area contributed by atoms with Crippen LogP contribution in [0.4, 0.5) is 0 Å². The van der Waals surface area contributed by atoms with Gasteiger partial charge in [-0.05, 0) is 23.3 Å². The topological polar surface area (TPSA) is 52.6 Å². The largest absolute Gasteiger partial charge is 0.425 e. The molecule has 1 atom stereocenters. The number of carbonyl (C=O) groups is 2. The number of hydrogen-bond acceptors (Lipinski definition) is 4. The number of hydrogen-bond donors (Lipinski definition) is 0. The number of ether oxygens (including phenoxy) is 2. The van der Waals surface area contributed by atoms with E-state index in [1.54, 1.807) is 0 Å². The summed E-state index contributed by atoms with van der Waals surface area (Å²) in [6, 6.07) is 12.2. The van der Waals surface area contributed by atoms with E-state index in [-0.39, 0.29) is 5.92 Å². The van der Waals surface area contributed by atoms with Gasteiger partial charge in [-0.15, -0.1) is 0 Å². The lowest BCUT2D eigenvalue weighted by atomic mass is 9.96. The van der Waals surface area contributed by atoms with E-state index in [4.69, 9.17) is 9.47 Å². The standard InChI is InChI=1S/C18H20O4/c1-11-5-6-17-10-15(7-8-16(17)9-11)12(2)18(21-13(3)19)22-14(4)20/h5-10,12,18H,1-4H3. The molecule has 0 heterocycles. The molecule has 22 heavy (non-hydrogen) atoms. The molecule has 0 aliphatic rings. The fourth-order valence-electron chi connectivity index (χ4n) is 2.38. The molecule has 2 rings (SSSR count). The molecular formula is C18H20O4. The Morgan fingerprint density at radius 1 is 0.909 bits per heavy atom. The second kappa shape index (κ2) is 6.60. The summed E-state index contributed by atoms with van der Waals surface area (Å²) < 4.78 is 10.3. The molecule has 0 fully saturated rings. The highest BCUT2D eigenvalue weighted by Gasteiger charge is 2.25. The predicted octanol–water partition coefficient (Wildman–Crippen LogP) is 3.70. The van der Waals surface area contributed by atoms with E-state index in [0.29, 0.717) is 0 Å². The van der Waals surface area contributed by atoms with E-state index < -0.39 is 18.2 Å². The molecule has 4 heteroatoms. The Hall–Kier alpha value is -2.36. The van der Waals surface area contributed by atoms with Gasteiger partial charge in [0.25, 0.3) is 6.29 Å². The normalized spacial score (nSPS) is 12.2. The van der Waals surface area contributed by atoms with Gasteiger partial charge in [-0.25, -0.2) is 0 Å². The first-order valence-electron chi connectivity index (χ1n) is 7.21. The summed E-state index contributed by atoms with van der Waals surface area (Å²) in [5.41, 5.74) is 2.15. The highest BCUT2D eigenvalue weighted by molar-refractivity contribution is 5.84. The van der Waals surface area contributed by atoms with Crippen LogP contribution in [-0.2, 0) is 19.1 Å². The number of fused-ring (bicyclic) bond motifs is 1. The lowest BCUT2D eigenvalue weighted by Crippen LogP contribution is -2.27. The summed E-state index contributed by atoms with van der Waals surface area (Å²) in [4.78, 5) is 22.4. The van der Waals surface area contributed by atoms with E-state index in [1.165, 1.54) is 19.4 Å². The van der Waals surface area contributed by atoms with Gasteiger partial charge in [0.15, 0.2) is 0 Å². The number of esters is 2. The Labute approximate surface area is 130 Å². The number of aryl methyl sites for hydroxylation is 1. The van der Waals surface area contributed by atoms with Crippen molar-refractivity contribution in [2.75, 3.05) is 0 Å². The molecule has 0 saturated heterocycles. The molecule has 2 aromatic carbocycles. The van der Waals surface area contributed by atoms with Crippen molar-refractivity contribution in [3.8, 4) is 0 Å². The summed E-state index contributed by atoms with van der Waals surface area (Å²) in [7, 11) is 0. The van der Waals surface area contributed by atoms with Crippen LogP contribution in [0.15, 0.2) is 36.4 Å². The van der Waals surface area contributed by atoms with Crippen molar-refractivity contribution in [3.05, 3.63) is 47.5 Å². The summed E-state index contributed by atoms with van der Waals surface area (Å²) in [5, 5.41) is 2.24. The zero-order valence-corrected chi connectivity index (χ0v) is 13.3. The number of carbonyl (C=O) groups excluding carboxylic acids is 2. The van der Waals surface area contributed by atoms with Gasteiger partial charge in [0.2, 0.25) is 0 Å². The zero-order valence-electron chi connectivity index (χ0n) is 13.3. The van der Waals surface area contributed by atoms with Crippen LogP contribution in [0, 0.1) is 6.92 Å². The highest BCUT2D eigenvalue weighted by atomic mass is 16.7. The Morgan fingerprint density at radius 2 is 1.45 bits per heavy atom. The minimum atomic E-state index is -0.919. The minimum Gasteiger partial charge on any atom is -0.425 e. The van der Waals surface area contributed by atoms with E-state index >= 15 is 0 Å². The van der Waals surface area contributed by atoms with Gasteiger partial charge >= 0.3 is 11.9 Å². The first kappa shape index (κ1) is 16.0. The Balaban J connectivity index is 2.32. The molecule has 0 amide bonds. The molecule has 0 aliphatic heterocycles. The third-order valence-corrected chi connectivity index (χ3v) is 3.52. The van der Waals surface area contributed by atoms with Crippen LogP contribution in [0.1, 0.15) is 37.8 Å². The molecule has 0 saturated carbocycles. The van der Waals surface area contributed by atoms with Gasteiger partial charge in [-0.2, -0.15) is 0 Å². The lowest BCUT2D eigenvalue weighted by Gasteiger charge is -2.23. The molecule has 1 unspecified atom stereocenters. The van der Waals surface area contributed by atoms with Crippen molar-refractivity contribution in [3.63, 3.8) is 0 Å². The van der Waals surface area contributed by atoms with Crippen molar-refractivity contribution in [2.45, 2.75) is 39.9 Å². The zero-order chi connectivity index (χ0) is 16.3. The molecule has 0 bridgehead atoms. The molecule has 0 aliphatic carbocycles. The fraction of sp³-hybridized carbons (Fsp3) is 0.333. The van der Waals surface area contributed by atoms with E-state index in [0.717, 1.165) is 16.3 Å². The Bertz CT molecular complexity index is 689. The maximum atomic E-state index is 11.2.